The van der Waals surface area contributed by atoms with Gasteiger partial charge in [-0.2, -0.15) is 0 Å². The topological polar surface area (TPSA) is 104 Å². The number of aliphatic hydroxyl groups is 1. The lowest BCUT2D eigenvalue weighted by atomic mass is 10.1. The van der Waals surface area contributed by atoms with Gasteiger partial charge in [0.15, 0.2) is 0 Å². The van der Waals surface area contributed by atoms with Gasteiger partial charge >= 0.3 is 0 Å². The van der Waals surface area contributed by atoms with Crippen molar-refractivity contribution < 1.29 is 14.7 Å². The Morgan fingerprint density at radius 3 is 2.79 bits per heavy atom. The monoisotopic (exact) mass is 326 g/mol. The highest BCUT2D eigenvalue weighted by atomic mass is 16.3. The highest BCUT2D eigenvalue weighted by Crippen LogP contribution is 2.30. The Labute approximate surface area is 139 Å². The number of amides is 2. The van der Waals surface area contributed by atoms with Gasteiger partial charge in [-0.25, -0.2) is 4.98 Å². The Kier molecular flexibility index (Phi) is 4.81. The van der Waals surface area contributed by atoms with E-state index in [4.69, 9.17) is 5.11 Å². The van der Waals surface area contributed by atoms with Gasteiger partial charge in [0.25, 0.3) is 5.91 Å². The molecule has 0 radical (unpaired) electrons. The van der Waals surface area contributed by atoms with E-state index < -0.39 is 0 Å². The van der Waals surface area contributed by atoms with Gasteiger partial charge in [0.2, 0.25) is 5.91 Å². The molecular formula is C17H18N4O3. The van der Waals surface area contributed by atoms with E-state index in [1.54, 1.807) is 24.5 Å². The van der Waals surface area contributed by atoms with Crippen LogP contribution < -0.4 is 10.6 Å². The van der Waals surface area contributed by atoms with Crippen LogP contribution in [0.5, 0.6) is 0 Å². The summed E-state index contributed by atoms with van der Waals surface area (Å²) in [6, 6.07) is 4.86. The average Bonchev–Trinajstić information content (AvgIpc) is 3.42. The van der Waals surface area contributed by atoms with Crippen LogP contribution in [0.1, 0.15) is 28.8 Å². The molecule has 124 valence electrons. The fourth-order valence-corrected chi connectivity index (χ4v) is 2.28. The summed E-state index contributed by atoms with van der Waals surface area (Å²) in [7, 11) is 0. The summed E-state index contributed by atoms with van der Waals surface area (Å²) < 4.78 is 0. The first-order chi connectivity index (χ1) is 11.7. The SMILES string of the molecule is O=C(Nc1cnccc1CCO)c1ccnc(NC(=O)C2CC2)c1. The van der Waals surface area contributed by atoms with Crippen LogP contribution in [0.4, 0.5) is 11.5 Å². The van der Waals surface area contributed by atoms with E-state index in [1.807, 2.05) is 0 Å². The number of hydrogen-bond donors (Lipinski definition) is 3. The Morgan fingerprint density at radius 1 is 1.21 bits per heavy atom. The Hall–Kier alpha value is -2.80. The standard InChI is InChI=1S/C17H18N4O3/c22-8-5-11-3-6-18-10-14(11)20-17(24)13-4-7-19-15(9-13)21-16(23)12-1-2-12/h3-4,6-7,9-10,12,22H,1-2,5,8H2,(H,20,24)(H,19,21,23). The first kappa shape index (κ1) is 16.1. The number of pyridine rings is 2. The van der Waals surface area contributed by atoms with Crippen molar-refractivity contribution in [2.45, 2.75) is 19.3 Å². The summed E-state index contributed by atoms with van der Waals surface area (Å²) in [5.41, 5.74) is 1.74. The van der Waals surface area contributed by atoms with Crippen molar-refractivity contribution in [2.75, 3.05) is 17.2 Å². The van der Waals surface area contributed by atoms with E-state index in [2.05, 4.69) is 20.6 Å². The lowest BCUT2D eigenvalue weighted by Crippen LogP contribution is -2.17. The quantitative estimate of drug-likeness (QED) is 0.748. The zero-order valence-electron chi connectivity index (χ0n) is 13.0. The second-order valence-electron chi connectivity index (χ2n) is 5.65. The Bertz CT molecular complexity index is 759. The second-order valence-corrected chi connectivity index (χ2v) is 5.65. The van der Waals surface area contributed by atoms with Crippen LogP contribution in [0.15, 0.2) is 36.8 Å². The van der Waals surface area contributed by atoms with Crippen molar-refractivity contribution >= 4 is 23.3 Å². The first-order valence-electron chi connectivity index (χ1n) is 7.79. The zero-order valence-corrected chi connectivity index (χ0v) is 13.0. The predicted octanol–water partition coefficient (Wildman–Crippen LogP) is 1.61. The largest absolute Gasteiger partial charge is 0.396 e. The summed E-state index contributed by atoms with van der Waals surface area (Å²) >= 11 is 0. The first-order valence-corrected chi connectivity index (χ1v) is 7.79. The Morgan fingerprint density at radius 2 is 2.04 bits per heavy atom. The lowest BCUT2D eigenvalue weighted by molar-refractivity contribution is -0.117. The zero-order chi connectivity index (χ0) is 16.9. The van der Waals surface area contributed by atoms with E-state index >= 15 is 0 Å². The maximum Gasteiger partial charge on any atom is 0.255 e. The number of nitrogens with one attached hydrogen (secondary N) is 2. The summed E-state index contributed by atoms with van der Waals surface area (Å²) in [6.45, 7) is -0.0144. The van der Waals surface area contributed by atoms with Crippen LogP contribution in [0, 0.1) is 5.92 Å². The Balaban J connectivity index is 1.72. The number of carbonyl (C=O) groups is 2. The van der Waals surface area contributed by atoms with Crippen LogP contribution >= 0.6 is 0 Å². The molecule has 2 aromatic heterocycles. The molecule has 0 bridgehead atoms. The van der Waals surface area contributed by atoms with E-state index in [-0.39, 0.29) is 24.3 Å². The van der Waals surface area contributed by atoms with Crippen molar-refractivity contribution in [1.82, 2.24) is 9.97 Å². The summed E-state index contributed by atoms with van der Waals surface area (Å²) in [5, 5.41) is 14.6. The molecule has 0 unspecified atom stereocenters. The number of rotatable bonds is 6. The lowest BCUT2D eigenvalue weighted by Gasteiger charge is -2.10. The molecule has 3 N–H and O–H groups in total. The molecule has 1 fully saturated rings. The molecule has 0 aliphatic heterocycles. The van der Waals surface area contributed by atoms with Crippen molar-refractivity contribution in [2.24, 2.45) is 5.92 Å². The maximum absolute atomic E-state index is 12.4. The molecule has 24 heavy (non-hydrogen) atoms. The van der Waals surface area contributed by atoms with Crippen LogP contribution in [0.2, 0.25) is 0 Å². The minimum atomic E-state index is -0.327. The van der Waals surface area contributed by atoms with Crippen molar-refractivity contribution in [1.29, 1.82) is 0 Å². The molecule has 2 amide bonds. The van der Waals surface area contributed by atoms with Crippen molar-refractivity contribution in [3.8, 4) is 0 Å². The van der Waals surface area contributed by atoms with E-state index in [9.17, 15) is 9.59 Å². The van der Waals surface area contributed by atoms with Crippen LogP contribution in [0.3, 0.4) is 0 Å². The number of aromatic nitrogens is 2. The third-order valence-electron chi connectivity index (χ3n) is 3.76. The highest BCUT2D eigenvalue weighted by molar-refractivity contribution is 6.05. The van der Waals surface area contributed by atoms with Gasteiger partial charge in [0.05, 0.1) is 11.9 Å². The third kappa shape index (κ3) is 3.94. The van der Waals surface area contributed by atoms with E-state index in [1.165, 1.54) is 12.3 Å². The van der Waals surface area contributed by atoms with Gasteiger partial charge in [-0.3, -0.25) is 14.6 Å². The molecule has 2 aromatic rings. The minimum Gasteiger partial charge on any atom is -0.396 e. The molecule has 0 aromatic carbocycles. The van der Waals surface area contributed by atoms with E-state index in [0.29, 0.717) is 23.5 Å². The van der Waals surface area contributed by atoms with Crippen LogP contribution in [-0.4, -0.2) is 33.5 Å². The molecular weight excluding hydrogens is 308 g/mol. The summed E-state index contributed by atoms with van der Waals surface area (Å²) in [4.78, 5) is 32.3. The summed E-state index contributed by atoms with van der Waals surface area (Å²) in [6.07, 6.45) is 6.87. The summed E-state index contributed by atoms with van der Waals surface area (Å²) in [5.74, 6) is 0.0473. The van der Waals surface area contributed by atoms with Crippen LogP contribution in [0.25, 0.3) is 0 Å². The smallest absolute Gasteiger partial charge is 0.255 e. The molecule has 0 spiro atoms. The molecule has 7 heteroatoms. The predicted molar refractivity (Wildman–Crippen MR) is 88.6 cm³/mol. The number of nitrogens with zero attached hydrogens (tertiary/aromatic N) is 2. The number of aliphatic hydroxyl groups excluding tert-OH is 1. The molecule has 1 aliphatic rings. The van der Waals surface area contributed by atoms with Crippen molar-refractivity contribution in [3.05, 3.63) is 47.9 Å². The van der Waals surface area contributed by atoms with Gasteiger partial charge in [0.1, 0.15) is 5.82 Å². The van der Waals surface area contributed by atoms with Crippen molar-refractivity contribution in [3.63, 3.8) is 0 Å². The fraction of sp³-hybridized carbons (Fsp3) is 0.294. The molecule has 1 aliphatic carbocycles. The number of carbonyl (C=O) groups excluding carboxylic acids is 2. The number of anilines is 2. The molecule has 1 saturated carbocycles. The van der Waals surface area contributed by atoms with Crippen LogP contribution in [-0.2, 0) is 11.2 Å². The van der Waals surface area contributed by atoms with Gasteiger partial charge < -0.3 is 15.7 Å². The molecule has 0 saturated heterocycles. The van der Waals surface area contributed by atoms with Gasteiger partial charge in [-0.15, -0.1) is 0 Å². The van der Waals surface area contributed by atoms with Gasteiger partial charge in [0, 0.05) is 30.5 Å². The highest BCUT2D eigenvalue weighted by Gasteiger charge is 2.29. The normalized spacial score (nSPS) is 13.4. The number of hydrogen-bond acceptors (Lipinski definition) is 5. The fourth-order valence-electron chi connectivity index (χ4n) is 2.28. The molecule has 0 atom stereocenters. The third-order valence-corrected chi connectivity index (χ3v) is 3.76. The maximum atomic E-state index is 12.4. The minimum absolute atomic E-state index is 0.0144. The van der Waals surface area contributed by atoms with Gasteiger partial charge in [-0.1, -0.05) is 0 Å². The molecule has 3 rings (SSSR count). The van der Waals surface area contributed by atoms with E-state index in [0.717, 1.165) is 18.4 Å². The molecule has 2 heterocycles. The molecule has 7 nitrogen and oxygen atoms in total. The second kappa shape index (κ2) is 7.18. The van der Waals surface area contributed by atoms with Gasteiger partial charge in [-0.05, 0) is 43.0 Å². The average molecular weight is 326 g/mol.